The van der Waals surface area contributed by atoms with Crippen molar-refractivity contribution in [3.63, 3.8) is 0 Å². The zero-order valence-electron chi connectivity index (χ0n) is 88.9. The van der Waals surface area contributed by atoms with Crippen LogP contribution < -0.4 is 0 Å². The molecule has 23 heteroatoms. The van der Waals surface area contributed by atoms with E-state index in [4.69, 9.17) is 55.0 Å². The Balaban J connectivity index is 0.000000108. The summed E-state index contributed by atoms with van der Waals surface area (Å²) < 4.78 is 30.0. The lowest BCUT2D eigenvalue weighted by Crippen LogP contribution is -2.56. The normalized spacial score (nSPS) is 31.1. The van der Waals surface area contributed by atoms with Crippen molar-refractivity contribution in [2.24, 2.45) is 70.5 Å². The molecule has 2 spiro atoms. The number of carbonyl (C=O) groups is 4. The number of ether oxygens (including phenoxy) is 4. The van der Waals surface area contributed by atoms with Gasteiger partial charge in [0, 0.05) is 169 Å². The molecule has 149 heavy (non-hydrogen) atoms. The summed E-state index contributed by atoms with van der Waals surface area (Å²) in [4.78, 5) is 103. The number of ketones is 4. The summed E-state index contributed by atoms with van der Waals surface area (Å²) in [5.41, 5.74) is 18.9. The van der Waals surface area contributed by atoms with Crippen LogP contribution in [0, 0.1) is 77.1 Å². The Kier molecular flexibility index (Phi) is 29.9. The number of benzene rings is 5. The molecular weight excluding hydrogens is 1860 g/mol. The fourth-order valence-electron chi connectivity index (χ4n) is 30.7. The maximum absolute atomic E-state index is 12.7. The van der Waals surface area contributed by atoms with E-state index in [0.29, 0.717) is 85.4 Å². The summed E-state index contributed by atoms with van der Waals surface area (Å²) in [6.45, 7) is 36.9. The Hall–Kier alpha value is -12.2. The molecular formula is C126H146N12O11. The van der Waals surface area contributed by atoms with Crippen LogP contribution in [0.1, 0.15) is 291 Å². The number of aryl methyl sites for hydroxylation is 5. The number of hydrogen-bond acceptors (Lipinski definition) is 22. The quantitative estimate of drug-likeness (QED) is 0.0690. The molecule has 8 heterocycles. The molecule has 14 aliphatic rings. The molecule has 0 amide bonds. The minimum atomic E-state index is -0.540. The topological polar surface area (TPSA) is 305 Å². The predicted molar refractivity (Wildman–Crippen MR) is 574 cm³/mol. The number of Topliss-reactive ketones (excluding diaryl/α,β-unsaturated/α-hetero) is 4. The highest BCUT2D eigenvalue weighted by molar-refractivity contribution is 6.01. The van der Waals surface area contributed by atoms with Gasteiger partial charge < -0.3 is 38.5 Å². The average molecular weight is 2000 g/mol. The van der Waals surface area contributed by atoms with E-state index in [-0.39, 0.29) is 97.1 Å². The second-order valence-electron chi connectivity index (χ2n) is 45.9. The van der Waals surface area contributed by atoms with E-state index in [1.165, 1.54) is 56.9 Å². The van der Waals surface area contributed by atoms with Crippen molar-refractivity contribution >= 4 is 23.1 Å². The van der Waals surface area contributed by atoms with E-state index >= 15 is 0 Å². The lowest BCUT2D eigenvalue weighted by molar-refractivity contribution is -0.246. The largest absolute Gasteiger partial charge is 0.515 e. The SMILES string of the molecule is CC[C@@H]1C(=O)/C(=C\O)C[C@]2(C)c3nc(-c4ccccc4)ncc3CC[C@@H]12.CC[C@@H]1C(=O)CC[C@]2(C)c3nc(-c4ccccc4)ncc3CC[C@@H]12.CC[C@@H]1c2oncc2C[C@]2(C)c3nc(-c4ccccc4)ncc3CC[C@@H]12.CC[C@H]1[C@@H]2CC/C(=C\O)C(=O)[C@@]2(C)CCC12OCCO2.CC[C@H]1[C@@H]2CCc3cnc(-c4ccccc4)nc3[C@@]2(C)CCC12OCCO2.[C-]#[N+]C1C[C@]2(C)c3nc(-c4ccccc4)ncc3CC[C@H]2[C@H](CC)C1=O. The molecule has 25 rings (SSSR count). The number of aromatic nitrogens is 11. The predicted octanol–water partition coefficient (Wildman–Crippen LogP) is 25.2. The van der Waals surface area contributed by atoms with Gasteiger partial charge in [-0.3, -0.25) is 19.2 Å². The second-order valence-corrected chi connectivity index (χ2v) is 45.9. The number of aliphatic hydroxyl groups is 2. The van der Waals surface area contributed by atoms with E-state index in [1.807, 2.05) is 128 Å². The van der Waals surface area contributed by atoms with Gasteiger partial charge in [0.15, 0.2) is 52.3 Å². The number of rotatable bonds is 11. The van der Waals surface area contributed by atoms with Crippen molar-refractivity contribution in [2.45, 2.75) is 307 Å². The molecule has 0 bridgehead atoms. The van der Waals surface area contributed by atoms with Crippen molar-refractivity contribution in [2.75, 3.05) is 26.4 Å². The van der Waals surface area contributed by atoms with Crippen LogP contribution in [-0.4, -0.2) is 132 Å². The van der Waals surface area contributed by atoms with E-state index in [0.717, 1.165) is 241 Å². The average Bonchev–Trinajstić information content (AvgIpc) is 1.66. The van der Waals surface area contributed by atoms with Crippen LogP contribution in [0.5, 0.6) is 0 Å². The maximum atomic E-state index is 12.7. The number of aliphatic hydroxyl groups excluding tert-OH is 2. The minimum absolute atomic E-state index is 0.00857. The highest BCUT2D eigenvalue weighted by Crippen LogP contribution is 2.63. The van der Waals surface area contributed by atoms with Crippen molar-refractivity contribution in [1.29, 1.82) is 0 Å². The van der Waals surface area contributed by atoms with Gasteiger partial charge in [-0.1, -0.05) is 240 Å². The number of fused-ring (bicyclic) bond motifs is 17. The van der Waals surface area contributed by atoms with Crippen LogP contribution in [0.3, 0.4) is 0 Å². The van der Waals surface area contributed by atoms with Crippen LogP contribution in [0.25, 0.3) is 61.8 Å². The van der Waals surface area contributed by atoms with Crippen LogP contribution in [0.2, 0.25) is 0 Å². The lowest BCUT2D eigenvalue weighted by Gasteiger charge is -2.55. The van der Waals surface area contributed by atoms with Crippen LogP contribution >= 0.6 is 0 Å². The third kappa shape index (κ3) is 18.8. The first-order chi connectivity index (χ1) is 72.2. The Labute approximate surface area is 878 Å². The first-order valence-electron chi connectivity index (χ1n) is 55.5. The second kappa shape index (κ2) is 42.9. The molecule has 2 aliphatic heterocycles. The molecule has 5 aromatic carbocycles. The van der Waals surface area contributed by atoms with E-state index < -0.39 is 11.8 Å². The van der Waals surface area contributed by atoms with Gasteiger partial charge in [0.25, 0.3) is 6.04 Å². The Morgan fingerprint density at radius 3 is 1.07 bits per heavy atom. The summed E-state index contributed by atoms with van der Waals surface area (Å²) in [5, 5.41) is 23.0. The molecule has 6 aromatic heterocycles. The van der Waals surface area contributed by atoms with Crippen LogP contribution in [0.15, 0.2) is 217 Å². The van der Waals surface area contributed by atoms with Crippen LogP contribution in [0.4, 0.5) is 0 Å². The van der Waals surface area contributed by atoms with Crippen LogP contribution in [-0.2, 0) is 104 Å². The van der Waals surface area contributed by atoms with Crippen molar-refractivity contribution in [1.82, 2.24) is 55.0 Å². The highest BCUT2D eigenvalue weighted by Gasteiger charge is 2.63. The zero-order chi connectivity index (χ0) is 104. The summed E-state index contributed by atoms with van der Waals surface area (Å²) in [6.07, 6.45) is 38.8. The first-order valence-corrected chi connectivity index (χ1v) is 55.5. The monoisotopic (exact) mass is 2000 g/mol. The molecule has 11 aromatic rings. The minimum Gasteiger partial charge on any atom is -0.515 e. The molecule has 8 fully saturated rings. The Morgan fingerprint density at radius 1 is 0.349 bits per heavy atom. The van der Waals surface area contributed by atoms with Gasteiger partial charge in [-0.15, -0.1) is 0 Å². The molecule has 6 saturated carbocycles. The summed E-state index contributed by atoms with van der Waals surface area (Å²) in [5.74, 6) is 8.65. The van der Waals surface area contributed by atoms with Gasteiger partial charge in [0.05, 0.1) is 73.6 Å². The Morgan fingerprint density at radius 2 is 0.685 bits per heavy atom. The molecule has 23 nitrogen and oxygen atoms in total. The highest BCUT2D eigenvalue weighted by atomic mass is 16.7. The van der Waals surface area contributed by atoms with Gasteiger partial charge >= 0.3 is 0 Å². The third-order valence-electron chi connectivity index (χ3n) is 38.3. The standard InChI is InChI=1S/C23H28N2O2.2C22H23N3O.C22H24N2O2.C21H24N2O.C16H24O4/c1-3-18-19-10-9-17-15-24-21(16-7-5-4-6-8-16)25-20(17)22(19,2)11-12-23(18)26-13-14-27-23;1-3-17-18-10-9-15-12-23-21(14-7-5-4-6-8-14)25-20(15)22(18,2)11-16-13-24-26-19(16)17;1-4-16-17-11-10-15-13-24-21(14-8-6-5-7-9-14)25-20(15)22(17,2)12-18(23-3)19(16)26;1-3-17-18-10-9-15-12-23-21(14-7-5-4-6-8-14)24-20(15)22(18,2)11-16(13-25)19(17)26;1-3-16-17-10-9-15-13-22-20(14-7-5-4-6-8-14)23-19(15)21(17,2)12-11-18(16)24;1-3-12-13-5-4-11(10-17)14(18)15(13,2)6-7-16(12)19-8-9-20-16/h4-8,15,18-19H,3,9-14H2,1-2H3;4-8,12-13,17-18H,3,9-11H2,1-2H3;5-9,13,16-18H,4,10-12H2,1-2H3;4-8,12-13,17-18,25H,3,9-11H2,1-2H3;4-8,13,16-17H,3,9-12H2,1-2H3;10,12-13,17H,3-9H2,1-2H3/b;;;16-13-;;11-10+/t18-,19-,22-;17-,18-,22-;16-,17-,18?,22-;17-,18-,22-;16-,17-,21-;12-,13-,15-/m000000/s1. The maximum Gasteiger partial charge on any atom is 0.282 e. The molecule has 19 atom stereocenters. The third-order valence-corrected chi connectivity index (χ3v) is 38.3. The van der Waals surface area contributed by atoms with Gasteiger partial charge in [0.2, 0.25) is 5.78 Å². The fourth-order valence-corrected chi connectivity index (χ4v) is 30.7. The van der Waals surface area contributed by atoms with Gasteiger partial charge in [-0.05, 0) is 211 Å². The summed E-state index contributed by atoms with van der Waals surface area (Å²) in [6, 6.07) is 50.2. The van der Waals surface area contributed by atoms with Gasteiger partial charge in [-0.25, -0.2) is 56.4 Å². The number of carbonyl (C=O) groups excluding carboxylic acids is 4. The number of hydrogen-bond donors (Lipinski definition) is 2. The lowest BCUT2D eigenvalue weighted by atomic mass is 9.53. The molecule has 2 N–H and O–H groups in total. The van der Waals surface area contributed by atoms with Gasteiger partial charge in [-0.2, -0.15) is 0 Å². The fraction of sp³-hybridized carbons (Fsp3) is 0.508. The van der Waals surface area contributed by atoms with Crippen molar-refractivity contribution in [3.8, 4) is 56.9 Å². The Bertz CT molecular complexity index is 6820. The molecule has 12 aliphatic carbocycles. The van der Waals surface area contributed by atoms with Crippen molar-refractivity contribution in [3.05, 3.63) is 292 Å². The zero-order valence-corrected chi connectivity index (χ0v) is 88.9. The van der Waals surface area contributed by atoms with E-state index in [9.17, 15) is 29.4 Å². The molecule has 1 unspecified atom stereocenters. The molecule has 2 saturated heterocycles. The smallest absolute Gasteiger partial charge is 0.282 e. The first kappa shape index (κ1) is 104. The molecule has 0 radical (unpaired) electrons. The van der Waals surface area contributed by atoms with Crippen molar-refractivity contribution < 1.29 is 52.9 Å². The number of nitrogens with zero attached hydrogens (tertiary/aromatic N) is 12. The summed E-state index contributed by atoms with van der Waals surface area (Å²) in [7, 11) is 0. The van der Waals surface area contributed by atoms with Gasteiger partial charge in [0.1, 0.15) is 11.5 Å². The summed E-state index contributed by atoms with van der Waals surface area (Å²) >= 11 is 0. The molecule has 776 valence electrons. The van der Waals surface area contributed by atoms with E-state index in [2.05, 4.69) is 179 Å². The van der Waals surface area contributed by atoms with E-state index in [1.54, 1.807) is 0 Å². The number of allylic oxidation sites excluding steroid dienone is 2.